The second kappa shape index (κ2) is 3.97. The Hall–Kier alpha value is -1.46. The van der Waals surface area contributed by atoms with E-state index in [1.165, 1.54) is 6.20 Å². The molecule has 0 saturated heterocycles. The third-order valence-electron chi connectivity index (χ3n) is 1.62. The highest BCUT2D eigenvalue weighted by Crippen LogP contribution is 2.10. The lowest BCUT2D eigenvalue weighted by molar-refractivity contribution is -0.147. The van der Waals surface area contributed by atoms with E-state index in [0.29, 0.717) is 5.69 Å². The van der Waals surface area contributed by atoms with Crippen molar-refractivity contribution in [3.05, 3.63) is 30.1 Å². The van der Waals surface area contributed by atoms with Crippen LogP contribution in [0, 0.1) is 0 Å². The predicted molar refractivity (Wildman–Crippen MR) is 44.8 cm³/mol. The third-order valence-corrected chi connectivity index (χ3v) is 1.62. The van der Waals surface area contributed by atoms with Crippen LogP contribution in [0.1, 0.15) is 11.7 Å². The van der Waals surface area contributed by atoms with Crippen LogP contribution in [0.15, 0.2) is 24.4 Å². The van der Waals surface area contributed by atoms with Gasteiger partial charge in [-0.2, -0.15) is 0 Å². The fourth-order valence-corrected chi connectivity index (χ4v) is 0.888. The van der Waals surface area contributed by atoms with E-state index in [4.69, 9.17) is 15.9 Å². The van der Waals surface area contributed by atoms with Crippen LogP contribution in [0.4, 0.5) is 0 Å². The summed E-state index contributed by atoms with van der Waals surface area (Å²) in [5.41, 5.74) is 5.80. The van der Waals surface area contributed by atoms with Gasteiger partial charge in [-0.15, -0.1) is 0 Å². The molecule has 0 aliphatic heterocycles. The smallest absolute Gasteiger partial charge is 0.334 e. The summed E-state index contributed by atoms with van der Waals surface area (Å²) in [5.74, 6) is -1.35. The first-order valence-electron chi connectivity index (χ1n) is 3.70. The molecule has 13 heavy (non-hydrogen) atoms. The standard InChI is InChI=1S/C8H10N2O3/c9-6(7(11)8(12)13)5-3-1-2-4-10-5/h1-4,6-7,11H,9H2,(H,12,13)/t6-,7-/m1/s1. The van der Waals surface area contributed by atoms with Gasteiger partial charge in [0.25, 0.3) is 0 Å². The van der Waals surface area contributed by atoms with Crippen LogP contribution in [-0.4, -0.2) is 27.3 Å². The number of aliphatic hydroxyl groups excluding tert-OH is 1. The fraction of sp³-hybridized carbons (Fsp3) is 0.250. The lowest BCUT2D eigenvalue weighted by Crippen LogP contribution is -2.33. The molecule has 0 aliphatic rings. The summed E-state index contributed by atoms with van der Waals surface area (Å²) in [6, 6.07) is 3.94. The molecule has 0 aliphatic carbocycles. The van der Waals surface area contributed by atoms with Crippen LogP contribution in [0.2, 0.25) is 0 Å². The van der Waals surface area contributed by atoms with Gasteiger partial charge in [0.2, 0.25) is 0 Å². The number of carboxylic acids is 1. The first-order valence-corrected chi connectivity index (χ1v) is 3.70. The molecule has 5 heteroatoms. The SMILES string of the molecule is N[C@H](c1ccccn1)[C@@H](O)C(=O)O. The highest BCUT2D eigenvalue weighted by atomic mass is 16.4. The Kier molecular flexibility index (Phi) is 2.94. The van der Waals surface area contributed by atoms with E-state index in [-0.39, 0.29) is 0 Å². The van der Waals surface area contributed by atoms with Gasteiger partial charge in [0.1, 0.15) is 0 Å². The molecule has 0 saturated carbocycles. The third kappa shape index (κ3) is 2.24. The lowest BCUT2D eigenvalue weighted by atomic mass is 10.1. The maximum absolute atomic E-state index is 10.4. The molecule has 70 valence electrons. The molecule has 1 rings (SSSR count). The summed E-state index contributed by atoms with van der Waals surface area (Å²) in [4.78, 5) is 14.2. The van der Waals surface area contributed by atoms with Gasteiger partial charge in [0, 0.05) is 6.20 Å². The number of aliphatic hydroxyl groups is 1. The number of hydrogen-bond donors (Lipinski definition) is 3. The van der Waals surface area contributed by atoms with E-state index >= 15 is 0 Å². The molecule has 1 aromatic heterocycles. The topological polar surface area (TPSA) is 96.4 Å². The van der Waals surface area contributed by atoms with Gasteiger partial charge >= 0.3 is 5.97 Å². The minimum atomic E-state index is -1.62. The van der Waals surface area contributed by atoms with Crippen molar-refractivity contribution < 1.29 is 15.0 Å². The van der Waals surface area contributed by atoms with Crippen LogP contribution < -0.4 is 5.73 Å². The molecule has 1 aromatic rings. The van der Waals surface area contributed by atoms with E-state index < -0.39 is 18.1 Å². The van der Waals surface area contributed by atoms with Crippen LogP contribution in [0.5, 0.6) is 0 Å². The van der Waals surface area contributed by atoms with Crippen molar-refractivity contribution in [2.24, 2.45) is 5.73 Å². The molecule has 4 N–H and O–H groups in total. The van der Waals surface area contributed by atoms with Crippen molar-refractivity contribution in [1.82, 2.24) is 4.98 Å². The van der Waals surface area contributed by atoms with Crippen molar-refractivity contribution in [3.8, 4) is 0 Å². The summed E-state index contributed by atoms with van der Waals surface area (Å²) >= 11 is 0. The second-order valence-corrected chi connectivity index (χ2v) is 2.56. The van der Waals surface area contributed by atoms with Crippen molar-refractivity contribution in [3.63, 3.8) is 0 Å². The molecular formula is C8H10N2O3. The molecular weight excluding hydrogens is 172 g/mol. The molecule has 5 nitrogen and oxygen atoms in total. The first kappa shape index (κ1) is 9.63. The van der Waals surface area contributed by atoms with E-state index in [1.54, 1.807) is 18.2 Å². The maximum atomic E-state index is 10.4. The van der Waals surface area contributed by atoms with Crippen LogP contribution in [0.3, 0.4) is 0 Å². The average Bonchev–Trinajstić information content (AvgIpc) is 2.17. The van der Waals surface area contributed by atoms with Gasteiger partial charge in [-0.3, -0.25) is 4.98 Å². The first-order chi connectivity index (χ1) is 6.13. The van der Waals surface area contributed by atoms with Crippen LogP contribution in [-0.2, 0) is 4.79 Å². The fourth-order valence-electron chi connectivity index (χ4n) is 0.888. The van der Waals surface area contributed by atoms with E-state index in [0.717, 1.165) is 0 Å². The summed E-state index contributed by atoms with van der Waals surface area (Å²) in [6.45, 7) is 0. The largest absolute Gasteiger partial charge is 0.479 e. The Morgan fingerprint density at radius 1 is 1.54 bits per heavy atom. The van der Waals surface area contributed by atoms with Crippen molar-refractivity contribution in [1.29, 1.82) is 0 Å². The number of carbonyl (C=O) groups is 1. The van der Waals surface area contributed by atoms with Gasteiger partial charge in [0.15, 0.2) is 6.10 Å². The highest BCUT2D eigenvalue weighted by molar-refractivity contribution is 5.73. The second-order valence-electron chi connectivity index (χ2n) is 2.56. The number of nitrogens with two attached hydrogens (primary N) is 1. The molecule has 0 bridgehead atoms. The highest BCUT2D eigenvalue weighted by Gasteiger charge is 2.24. The number of carboxylic acid groups (broad SMARTS) is 1. The van der Waals surface area contributed by atoms with Gasteiger partial charge in [-0.1, -0.05) is 6.07 Å². The van der Waals surface area contributed by atoms with E-state index in [9.17, 15) is 4.79 Å². The average molecular weight is 182 g/mol. The minimum absolute atomic E-state index is 0.359. The van der Waals surface area contributed by atoms with Crippen molar-refractivity contribution in [2.45, 2.75) is 12.1 Å². The Morgan fingerprint density at radius 3 is 2.69 bits per heavy atom. The Morgan fingerprint density at radius 2 is 2.23 bits per heavy atom. The zero-order chi connectivity index (χ0) is 9.84. The van der Waals surface area contributed by atoms with Crippen molar-refractivity contribution >= 4 is 5.97 Å². The number of aliphatic carboxylic acids is 1. The minimum Gasteiger partial charge on any atom is -0.479 e. The number of nitrogens with zero attached hydrogens (tertiary/aromatic N) is 1. The van der Waals surface area contributed by atoms with E-state index in [2.05, 4.69) is 4.98 Å². The molecule has 0 amide bonds. The number of hydrogen-bond acceptors (Lipinski definition) is 4. The molecule has 0 fully saturated rings. The predicted octanol–water partition coefficient (Wildman–Crippen LogP) is -0.473. The summed E-state index contributed by atoms with van der Waals surface area (Å²) in [5, 5.41) is 17.5. The summed E-state index contributed by atoms with van der Waals surface area (Å²) in [7, 11) is 0. The Balaban J connectivity index is 2.79. The van der Waals surface area contributed by atoms with Crippen LogP contribution in [0.25, 0.3) is 0 Å². The quantitative estimate of drug-likeness (QED) is 0.587. The Bertz CT molecular complexity index is 289. The Labute approximate surface area is 74.8 Å². The van der Waals surface area contributed by atoms with Crippen molar-refractivity contribution in [2.75, 3.05) is 0 Å². The number of rotatable bonds is 3. The molecule has 0 spiro atoms. The number of aromatic nitrogens is 1. The molecule has 0 aromatic carbocycles. The van der Waals surface area contributed by atoms with Gasteiger partial charge < -0.3 is 15.9 Å². The molecule has 0 unspecified atom stereocenters. The van der Waals surface area contributed by atoms with Gasteiger partial charge in [-0.05, 0) is 12.1 Å². The van der Waals surface area contributed by atoms with E-state index in [1.807, 2.05) is 0 Å². The molecule has 0 radical (unpaired) electrons. The zero-order valence-electron chi connectivity index (χ0n) is 6.79. The maximum Gasteiger partial charge on any atom is 0.334 e. The molecule has 1 heterocycles. The number of pyridine rings is 1. The van der Waals surface area contributed by atoms with Gasteiger partial charge in [0.05, 0.1) is 11.7 Å². The van der Waals surface area contributed by atoms with Gasteiger partial charge in [-0.25, -0.2) is 4.79 Å². The van der Waals surface area contributed by atoms with Crippen LogP contribution >= 0.6 is 0 Å². The lowest BCUT2D eigenvalue weighted by Gasteiger charge is -2.13. The zero-order valence-corrected chi connectivity index (χ0v) is 6.79. The summed E-state index contributed by atoms with van der Waals surface area (Å²) < 4.78 is 0. The monoisotopic (exact) mass is 182 g/mol. The normalized spacial score (nSPS) is 14.9. The molecule has 2 atom stereocenters. The summed E-state index contributed by atoms with van der Waals surface area (Å²) in [6.07, 6.45) is -0.126.